The highest BCUT2D eigenvalue weighted by Gasteiger charge is 2.36. The number of fused-ring (bicyclic) bond motifs is 2. The summed E-state index contributed by atoms with van der Waals surface area (Å²) in [5.41, 5.74) is 4.68. The first-order chi connectivity index (χ1) is 9.13. The van der Waals surface area contributed by atoms with Crippen LogP contribution in [0.5, 0.6) is 0 Å². The quantitative estimate of drug-likeness (QED) is 0.839. The summed E-state index contributed by atoms with van der Waals surface area (Å²) in [5, 5.41) is 6.28. The Morgan fingerprint density at radius 3 is 2.89 bits per heavy atom. The second-order valence-corrected chi connectivity index (χ2v) is 6.96. The van der Waals surface area contributed by atoms with Crippen molar-refractivity contribution >= 4 is 23.0 Å². The molecule has 1 aromatic rings. The Balaban J connectivity index is 1.63. The summed E-state index contributed by atoms with van der Waals surface area (Å²) in [7, 11) is 0. The maximum atomic E-state index is 12.0. The molecular formula is C15H20N2OS. The maximum absolute atomic E-state index is 12.0. The van der Waals surface area contributed by atoms with Crippen molar-refractivity contribution in [1.29, 1.82) is 0 Å². The molecule has 2 fully saturated rings. The average Bonchev–Trinajstić information content (AvgIpc) is 3.10. The second-order valence-electron chi connectivity index (χ2n) is 6.02. The zero-order valence-corrected chi connectivity index (χ0v) is 12.3. The van der Waals surface area contributed by atoms with Crippen LogP contribution in [0.4, 0.5) is 0 Å². The van der Waals surface area contributed by atoms with Gasteiger partial charge in [-0.25, -0.2) is 5.43 Å². The number of thiophene rings is 1. The first kappa shape index (κ1) is 12.9. The van der Waals surface area contributed by atoms with E-state index >= 15 is 0 Å². The molecule has 2 aliphatic rings. The fraction of sp³-hybridized carbons (Fsp3) is 0.600. The Morgan fingerprint density at radius 2 is 2.32 bits per heavy atom. The van der Waals surface area contributed by atoms with Crippen molar-refractivity contribution in [1.82, 2.24) is 5.43 Å². The first-order valence-corrected chi connectivity index (χ1v) is 7.96. The molecule has 0 spiro atoms. The Hall–Kier alpha value is -1.16. The molecule has 102 valence electrons. The summed E-state index contributed by atoms with van der Waals surface area (Å²) in [5.74, 6) is 1.87. The van der Waals surface area contributed by atoms with Gasteiger partial charge in [0, 0.05) is 16.0 Å². The van der Waals surface area contributed by atoms with Crippen molar-refractivity contribution in [2.75, 3.05) is 0 Å². The highest BCUT2D eigenvalue weighted by Crippen LogP contribution is 2.42. The van der Waals surface area contributed by atoms with Crippen molar-refractivity contribution in [2.45, 2.75) is 45.4 Å². The van der Waals surface area contributed by atoms with Crippen molar-refractivity contribution < 1.29 is 4.79 Å². The summed E-state index contributed by atoms with van der Waals surface area (Å²) >= 11 is 1.65. The van der Waals surface area contributed by atoms with Gasteiger partial charge in [0.15, 0.2) is 0 Å². The molecule has 1 amide bonds. The standard InChI is InChI=1S/C15H20N2OS/c1-9(2)14-7-12(8-19-14)15(18)17-16-13-6-10-3-4-11(13)5-10/h7-11H,3-6H2,1-2H3,(H,17,18)/b16-13+/t10-,11-/m1/s1. The molecule has 2 saturated carbocycles. The van der Waals surface area contributed by atoms with Crippen LogP contribution in [0.25, 0.3) is 0 Å². The number of rotatable bonds is 3. The molecule has 0 radical (unpaired) electrons. The molecule has 0 unspecified atom stereocenters. The predicted octanol–water partition coefficient (Wildman–Crippen LogP) is 3.78. The Bertz CT molecular complexity index is 518. The monoisotopic (exact) mass is 276 g/mol. The van der Waals surface area contributed by atoms with Crippen LogP contribution in [0.2, 0.25) is 0 Å². The molecule has 3 nitrogen and oxygen atoms in total. The van der Waals surface area contributed by atoms with Gasteiger partial charge in [-0.3, -0.25) is 4.79 Å². The molecular weight excluding hydrogens is 256 g/mol. The average molecular weight is 276 g/mol. The minimum absolute atomic E-state index is 0.0709. The fourth-order valence-electron chi connectivity index (χ4n) is 3.12. The highest BCUT2D eigenvalue weighted by atomic mass is 32.1. The summed E-state index contributed by atoms with van der Waals surface area (Å²) in [6.07, 6.45) is 4.98. The van der Waals surface area contributed by atoms with Gasteiger partial charge in [-0.2, -0.15) is 5.10 Å². The molecule has 4 heteroatoms. The molecule has 1 heterocycles. The van der Waals surface area contributed by atoms with Gasteiger partial charge in [-0.15, -0.1) is 11.3 Å². The van der Waals surface area contributed by atoms with Crippen molar-refractivity contribution in [3.63, 3.8) is 0 Å². The number of amides is 1. The minimum atomic E-state index is -0.0709. The van der Waals surface area contributed by atoms with E-state index in [2.05, 4.69) is 24.4 Å². The van der Waals surface area contributed by atoms with Crippen LogP contribution in [-0.4, -0.2) is 11.6 Å². The van der Waals surface area contributed by atoms with E-state index < -0.39 is 0 Å². The van der Waals surface area contributed by atoms with Gasteiger partial charge in [0.1, 0.15) is 0 Å². The maximum Gasteiger partial charge on any atom is 0.272 e. The molecule has 0 saturated heterocycles. The van der Waals surface area contributed by atoms with Crippen molar-refractivity contribution in [3.8, 4) is 0 Å². The van der Waals surface area contributed by atoms with E-state index in [1.54, 1.807) is 11.3 Å². The zero-order chi connectivity index (χ0) is 13.4. The second kappa shape index (κ2) is 5.08. The smallest absolute Gasteiger partial charge is 0.267 e. The molecule has 0 aliphatic heterocycles. The lowest BCUT2D eigenvalue weighted by Gasteiger charge is -2.11. The van der Waals surface area contributed by atoms with E-state index in [0.717, 1.165) is 17.9 Å². The zero-order valence-electron chi connectivity index (χ0n) is 11.5. The summed E-state index contributed by atoms with van der Waals surface area (Å²) in [4.78, 5) is 13.3. The van der Waals surface area contributed by atoms with Gasteiger partial charge in [0.05, 0.1) is 5.56 Å². The van der Waals surface area contributed by atoms with Crippen LogP contribution in [0.3, 0.4) is 0 Å². The van der Waals surface area contributed by atoms with Crippen LogP contribution in [0.15, 0.2) is 16.5 Å². The largest absolute Gasteiger partial charge is 0.272 e. The number of nitrogens with zero attached hydrogens (tertiary/aromatic N) is 1. The molecule has 2 bridgehead atoms. The lowest BCUT2D eigenvalue weighted by Crippen LogP contribution is -2.21. The van der Waals surface area contributed by atoms with Gasteiger partial charge in [0.2, 0.25) is 0 Å². The van der Waals surface area contributed by atoms with E-state index in [1.165, 1.54) is 29.9 Å². The number of hydrogen-bond donors (Lipinski definition) is 1. The molecule has 0 aromatic carbocycles. The summed E-state index contributed by atoms with van der Waals surface area (Å²) < 4.78 is 0. The van der Waals surface area contributed by atoms with E-state index in [9.17, 15) is 4.79 Å². The Labute approximate surface area is 118 Å². The Morgan fingerprint density at radius 1 is 1.47 bits per heavy atom. The van der Waals surface area contributed by atoms with Crippen LogP contribution >= 0.6 is 11.3 Å². The Kier molecular flexibility index (Phi) is 3.44. The number of hydrazone groups is 1. The lowest BCUT2D eigenvalue weighted by atomic mass is 9.99. The third kappa shape index (κ3) is 2.59. The van der Waals surface area contributed by atoms with E-state index in [1.807, 2.05) is 11.4 Å². The van der Waals surface area contributed by atoms with Crippen molar-refractivity contribution in [3.05, 3.63) is 21.9 Å². The van der Waals surface area contributed by atoms with Crippen molar-refractivity contribution in [2.24, 2.45) is 16.9 Å². The summed E-state index contributed by atoms with van der Waals surface area (Å²) in [6.45, 7) is 4.28. The SMILES string of the molecule is CC(C)c1cc(C(=O)N/N=C2\C[C@@H]3CC[C@@H]2C3)cs1. The number of hydrogen-bond acceptors (Lipinski definition) is 3. The van der Waals surface area contributed by atoms with Gasteiger partial charge >= 0.3 is 0 Å². The lowest BCUT2D eigenvalue weighted by molar-refractivity contribution is 0.0955. The third-order valence-corrected chi connectivity index (χ3v) is 5.50. The van der Waals surface area contributed by atoms with Crippen LogP contribution in [-0.2, 0) is 0 Å². The highest BCUT2D eigenvalue weighted by molar-refractivity contribution is 7.10. The topological polar surface area (TPSA) is 41.5 Å². The van der Waals surface area contributed by atoms with Crippen LogP contribution in [0, 0.1) is 11.8 Å². The number of carbonyl (C=O) groups excluding carboxylic acids is 1. The molecule has 1 N–H and O–H groups in total. The number of nitrogens with one attached hydrogen (secondary N) is 1. The third-order valence-electron chi connectivity index (χ3n) is 4.26. The molecule has 2 atom stereocenters. The minimum Gasteiger partial charge on any atom is -0.267 e. The van der Waals surface area contributed by atoms with Gasteiger partial charge in [-0.1, -0.05) is 13.8 Å². The normalized spacial score (nSPS) is 27.4. The first-order valence-electron chi connectivity index (χ1n) is 7.08. The molecule has 3 rings (SSSR count). The van der Waals surface area contributed by atoms with E-state index in [0.29, 0.717) is 11.8 Å². The van der Waals surface area contributed by atoms with Gasteiger partial charge in [0.25, 0.3) is 5.91 Å². The van der Waals surface area contributed by atoms with Gasteiger partial charge in [-0.05, 0) is 49.5 Å². The van der Waals surface area contributed by atoms with Crippen LogP contribution < -0.4 is 5.43 Å². The molecule has 2 aliphatic carbocycles. The summed E-state index contributed by atoms with van der Waals surface area (Å²) in [6, 6.07) is 1.98. The van der Waals surface area contributed by atoms with E-state index in [-0.39, 0.29) is 5.91 Å². The van der Waals surface area contributed by atoms with E-state index in [4.69, 9.17) is 0 Å². The fourth-order valence-corrected chi connectivity index (χ4v) is 4.03. The number of carbonyl (C=O) groups is 1. The molecule has 1 aromatic heterocycles. The van der Waals surface area contributed by atoms with Gasteiger partial charge < -0.3 is 0 Å². The van der Waals surface area contributed by atoms with Crippen LogP contribution in [0.1, 0.15) is 60.7 Å². The predicted molar refractivity (Wildman–Crippen MR) is 78.8 cm³/mol. The molecule has 19 heavy (non-hydrogen) atoms.